The molecule has 4 aliphatic rings. The van der Waals surface area contributed by atoms with Gasteiger partial charge in [-0.3, -0.25) is 9.59 Å². The number of nitrogens with two attached hydrogens (primary N) is 1. The van der Waals surface area contributed by atoms with Crippen molar-refractivity contribution in [3.63, 3.8) is 0 Å². The van der Waals surface area contributed by atoms with Gasteiger partial charge in [-0.05, 0) is 108 Å². The van der Waals surface area contributed by atoms with Crippen LogP contribution in [0.5, 0.6) is 11.6 Å². The number of hydrogen-bond acceptors (Lipinski definition) is 6. The molecule has 4 aromatic rings. The Bertz CT molecular complexity index is 1850. The average Bonchev–Trinajstić information content (AvgIpc) is 3.73. The highest BCUT2D eigenvalue weighted by Crippen LogP contribution is 2.48. The second kappa shape index (κ2) is 10.4. The summed E-state index contributed by atoms with van der Waals surface area (Å²) >= 11 is 0. The van der Waals surface area contributed by atoms with E-state index < -0.39 is 11.3 Å². The quantitative estimate of drug-likeness (QED) is 0.266. The third kappa shape index (κ3) is 4.71. The molecule has 2 aromatic carbocycles. The van der Waals surface area contributed by atoms with Gasteiger partial charge in [0.1, 0.15) is 11.3 Å². The highest BCUT2D eigenvalue weighted by Gasteiger charge is 2.50. The van der Waals surface area contributed by atoms with E-state index in [1.165, 1.54) is 32.4 Å². The number of benzene rings is 2. The summed E-state index contributed by atoms with van der Waals surface area (Å²) < 4.78 is 8.57. The number of likely N-dealkylation sites (tertiary alicyclic amines) is 1. The number of nitrogens with zero attached hydrogens (tertiary/aromatic N) is 5. The normalized spacial score (nSPS) is 22.8. The maximum atomic E-state index is 13.9. The second-order valence-corrected chi connectivity index (χ2v) is 13.9. The van der Waals surface area contributed by atoms with Crippen LogP contribution in [0.15, 0.2) is 48.8 Å². The van der Waals surface area contributed by atoms with Crippen LogP contribution in [0, 0.1) is 6.92 Å². The smallest absolute Gasteiger partial charge is 0.249 e. The van der Waals surface area contributed by atoms with Gasteiger partial charge in [-0.1, -0.05) is 24.6 Å². The van der Waals surface area contributed by atoms with Gasteiger partial charge in [-0.25, -0.2) is 9.97 Å². The Morgan fingerprint density at radius 1 is 0.978 bits per heavy atom. The largest absolute Gasteiger partial charge is 0.437 e. The van der Waals surface area contributed by atoms with Crippen molar-refractivity contribution in [2.75, 3.05) is 18.0 Å². The lowest BCUT2D eigenvalue weighted by atomic mass is 9.82. The van der Waals surface area contributed by atoms with E-state index in [1.54, 1.807) is 6.07 Å². The molecule has 2 aromatic heterocycles. The van der Waals surface area contributed by atoms with E-state index in [0.717, 1.165) is 64.8 Å². The topological polar surface area (TPSA) is 107 Å². The summed E-state index contributed by atoms with van der Waals surface area (Å²) in [6, 6.07) is 14.8. The van der Waals surface area contributed by atoms with Crippen LogP contribution in [0.3, 0.4) is 0 Å². The fourth-order valence-electron chi connectivity index (χ4n) is 7.57. The van der Waals surface area contributed by atoms with E-state index in [-0.39, 0.29) is 11.9 Å². The molecule has 0 spiro atoms. The number of carbonyl (C=O) groups is 2. The number of anilines is 1. The van der Waals surface area contributed by atoms with Gasteiger partial charge in [0.2, 0.25) is 17.7 Å². The Morgan fingerprint density at radius 3 is 2.49 bits per heavy atom. The zero-order valence-electron chi connectivity index (χ0n) is 26.3. The monoisotopic (exact) mass is 604 g/mol. The van der Waals surface area contributed by atoms with Crippen molar-refractivity contribution in [2.45, 2.75) is 89.3 Å². The molecule has 45 heavy (non-hydrogen) atoms. The lowest BCUT2D eigenvalue weighted by molar-refractivity contribution is -0.123. The summed E-state index contributed by atoms with van der Waals surface area (Å²) in [4.78, 5) is 40.5. The van der Waals surface area contributed by atoms with Crippen LogP contribution in [0.4, 0.5) is 5.69 Å². The third-order valence-electron chi connectivity index (χ3n) is 10.5. The third-order valence-corrected chi connectivity index (χ3v) is 10.5. The summed E-state index contributed by atoms with van der Waals surface area (Å²) in [7, 11) is 0. The Kier molecular flexibility index (Phi) is 6.53. The highest BCUT2D eigenvalue weighted by atomic mass is 16.5. The van der Waals surface area contributed by atoms with Gasteiger partial charge in [-0.2, -0.15) is 0 Å². The summed E-state index contributed by atoms with van der Waals surface area (Å²) in [6.07, 6.45) is 9.98. The van der Waals surface area contributed by atoms with Gasteiger partial charge in [0.25, 0.3) is 0 Å². The van der Waals surface area contributed by atoms with E-state index >= 15 is 0 Å². The molecule has 0 bridgehead atoms. The minimum Gasteiger partial charge on any atom is -0.437 e. The molecule has 9 heteroatoms. The molecule has 2 N–H and O–H groups in total. The number of piperidine rings is 1. The molecule has 2 amide bonds. The van der Waals surface area contributed by atoms with Crippen molar-refractivity contribution in [3.8, 4) is 22.9 Å². The van der Waals surface area contributed by atoms with Crippen molar-refractivity contribution in [2.24, 2.45) is 5.73 Å². The van der Waals surface area contributed by atoms with E-state index in [0.29, 0.717) is 29.3 Å². The summed E-state index contributed by atoms with van der Waals surface area (Å²) in [5.41, 5.74) is 11.6. The molecule has 0 radical (unpaired) electrons. The predicted molar refractivity (Wildman–Crippen MR) is 174 cm³/mol. The molecular formula is C36H40N6O3. The number of hydrogen-bond donors (Lipinski definition) is 1. The zero-order valence-corrected chi connectivity index (χ0v) is 26.3. The maximum absolute atomic E-state index is 13.9. The predicted octanol–water partition coefficient (Wildman–Crippen LogP) is 6.27. The fourth-order valence-corrected chi connectivity index (χ4v) is 7.57. The van der Waals surface area contributed by atoms with Crippen LogP contribution in [-0.2, 0) is 10.2 Å². The van der Waals surface area contributed by atoms with Crippen LogP contribution in [0.25, 0.3) is 22.3 Å². The summed E-state index contributed by atoms with van der Waals surface area (Å²) in [5.74, 6) is 0.603. The van der Waals surface area contributed by atoms with Gasteiger partial charge >= 0.3 is 0 Å². The Morgan fingerprint density at radius 2 is 1.76 bits per heavy atom. The molecule has 9 nitrogen and oxygen atoms in total. The number of carbonyl (C=O) groups excluding carboxylic acids is 2. The molecule has 3 fully saturated rings. The summed E-state index contributed by atoms with van der Waals surface area (Å²) in [6.45, 7) is 8.29. The lowest BCUT2D eigenvalue weighted by Gasteiger charge is -2.48. The van der Waals surface area contributed by atoms with Crippen LogP contribution in [-0.4, -0.2) is 56.4 Å². The number of aromatic nitrogens is 3. The molecule has 2 aliphatic heterocycles. The number of rotatable bonds is 7. The molecule has 8 rings (SSSR count). The average molecular weight is 605 g/mol. The molecule has 0 unspecified atom stereocenters. The molecule has 2 saturated carbocycles. The van der Waals surface area contributed by atoms with Crippen LogP contribution < -0.4 is 15.4 Å². The van der Waals surface area contributed by atoms with E-state index in [2.05, 4.69) is 32.6 Å². The number of fused-ring (bicyclic) bond motifs is 2. The molecule has 2 aliphatic carbocycles. The first-order valence-electron chi connectivity index (χ1n) is 16.4. The Labute approximate surface area is 263 Å². The van der Waals surface area contributed by atoms with Gasteiger partial charge in [0, 0.05) is 34.9 Å². The number of ether oxygens (including phenoxy) is 1. The molecular weight excluding hydrogens is 564 g/mol. The van der Waals surface area contributed by atoms with Crippen LogP contribution in [0.1, 0.15) is 86.3 Å². The number of amides is 2. The van der Waals surface area contributed by atoms with Crippen molar-refractivity contribution in [1.29, 1.82) is 0 Å². The van der Waals surface area contributed by atoms with Crippen LogP contribution >= 0.6 is 0 Å². The second-order valence-electron chi connectivity index (χ2n) is 13.9. The number of pyridine rings is 1. The maximum Gasteiger partial charge on any atom is 0.249 e. The number of primary amides is 1. The van der Waals surface area contributed by atoms with Crippen LogP contribution in [0.2, 0.25) is 0 Å². The first-order valence-corrected chi connectivity index (χ1v) is 16.4. The first-order chi connectivity index (χ1) is 21.7. The van der Waals surface area contributed by atoms with Crippen molar-refractivity contribution in [1.82, 2.24) is 19.4 Å². The number of aryl methyl sites for hydroxylation is 1. The van der Waals surface area contributed by atoms with E-state index in [9.17, 15) is 9.59 Å². The molecule has 232 valence electrons. The zero-order chi connectivity index (χ0) is 31.0. The Balaban J connectivity index is 1.17. The van der Waals surface area contributed by atoms with E-state index in [1.807, 2.05) is 45.3 Å². The standard InChI is InChI=1S/C36H40N6O3/c1-21-7-11-26(18-27(21)33(37)43)45-34-32-30(38-20-41(32)23-9-10-23)19-29(39-34)22-8-12-28-31(15-22)42(35(44)36(28,2)3)25-16-24(17-25)40-13-5-4-6-14-40/h7-8,11-12,15,18-20,23-25H,4-6,9-10,13-14,16-17H2,1-3H3,(H2,37,43)/t24-,25+. The van der Waals surface area contributed by atoms with Gasteiger partial charge in [0.05, 0.1) is 23.0 Å². The first kappa shape index (κ1) is 28.2. The van der Waals surface area contributed by atoms with Crippen molar-refractivity contribution >= 4 is 28.5 Å². The molecule has 1 saturated heterocycles. The van der Waals surface area contributed by atoms with Crippen molar-refractivity contribution in [3.05, 3.63) is 65.5 Å². The van der Waals surface area contributed by atoms with Crippen molar-refractivity contribution < 1.29 is 14.3 Å². The van der Waals surface area contributed by atoms with Gasteiger partial charge in [0.15, 0.2) is 0 Å². The number of imidazole rings is 1. The lowest BCUT2D eigenvalue weighted by Crippen LogP contribution is -2.57. The fraction of sp³-hybridized carbons (Fsp3) is 0.444. The van der Waals surface area contributed by atoms with E-state index in [4.69, 9.17) is 20.4 Å². The van der Waals surface area contributed by atoms with Gasteiger partial charge < -0.3 is 24.8 Å². The molecule has 4 heterocycles. The minimum absolute atomic E-state index is 0.178. The highest BCUT2D eigenvalue weighted by molar-refractivity contribution is 6.08. The molecule has 0 atom stereocenters. The minimum atomic E-state index is -0.581. The van der Waals surface area contributed by atoms with Gasteiger partial charge in [-0.15, -0.1) is 0 Å². The SMILES string of the molecule is Cc1ccc(Oc2nc(-c3ccc4c(c3)N([C@H]3C[C@@H](N5CCCCC5)C3)C(=O)C4(C)C)cc3ncn(C4CC4)c23)cc1C(N)=O. The summed E-state index contributed by atoms with van der Waals surface area (Å²) in [5, 5.41) is 0. The Hall–Kier alpha value is -4.24.